The van der Waals surface area contributed by atoms with Gasteiger partial charge in [-0.15, -0.1) is 0 Å². The molecular weight excluding hydrogens is 905 g/mol. The van der Waals surface area contributed by atoms with Crippen molar-refractivity contribution in [3.05, 3.63) is 106 Å². The van der Waals surface area contributed by atoms with Gasteiger partial charge in [0.25, 0.3) is 0 Å². The number of hydrogen-bond donors (Lipinski definition) is 5. The first kappa shape index (κ1) is 57.2. The minimum absolute atomic E-state index is 0.0311. The molecule has 0 spiro atoms. The zero-order valence-electron chi connectivity index (χ0n) is 42.6. The Bertz CT molecular complexity index is 2470. The molecule has 0 aromatic heterocycles. The Balaban J connectivity index is 1.50. The number of carbonyl (C=O) groups excluding carboxylic acids is 6. The third-order valence-corrected chi connectivity index (χ3v) is 11.6. The molecule has 0 aliphatic carbocycles. The van der Waals surface area contributed by atoms with Crippen molar-refractivity contribution >= 4 is 42.5 Å². The standard InChI is InChI=1S/C51H68N6O13/c1-33(66-24-25-67-41(62)54-47(6,7)36-20-15-18-34(26-36)45(2,3)52-31-58)29-68-42(63)55-48(8,9)38-22-17-23-39(28-38)49(10,11)56-43(64)69-30-51(14,40(60)61)70-44(65)57-50(12,13)37-21-16-19-35(27-37)46(4,5)53-32-59/h15-23,26-28,33H,24-25,29-30H2,1-14H3,(H,54,62)(H,55,63)(H,56,64)(H,57,65)(H,60,61). The highest BCUT2D eigenvalue weighted by Crippen LogP contribution is 2.31. The summed E-state index contributed by atoms with van der Waals surface area (Å²) in [4.78, 5) is 93.8. The second kappa shape index (κ2) is 23.0. The quantitative estimate of drug-likeness (QED) is 0.0275. The summed E-state index contributed by atoms with van der Waals surface area (Å²) in [6, 6.07) is 21.4. The van der Waals surface area contributed by atoms with Crippen molar-refractivity contribution in [3.8, 4) is 0 Å². The number of alkyl carbamates (subject to hydrolysis) is 4. The Hall–Kier alpha value is -7.07. The Kier molecular flexibility index (Phi) is 18.8. The van der Waals surface area contributed by atoms with Crippen molar-refractivity contribution in [2.24, 2.45) is 9.98 Å². The lowest BCUT2D eigenvalue weighted by atomic mass is 9.87. The van der Waals surface area contributed by atoms with Gasteiger partial charge < -0.3 is 50.1 Å². The van der Waals surface area contributed by atoms with Gasteiger partial charge in [-0.1, -0.05) is 72.8 Å². The molecule has 70 heavy (non-hydrogen) atoms. The van der Waals surface area contributed by atoms with E-state index in [2.05, 4.69) is 31.3 Å². The van der Waals surface area contributed by atoms with Crippen LogP contribution in [0.25, 0.3) is 0 Å². The molecule has 0 aliphatic heterocycles. The normalized spacial score (nSPS) is 13.4. The lowest BCUT2D eigenvalue weighted by Gasteiger charge is -2.32. The van der Waals surface area contributed by atoms with Gasteiger partial charge in [0.15, 0.2) is 0 Å². The zero-order valence-corrected chi connectivity index (χ0v) is 42.6. The molecule has 2 unspecified atom stereocenters. The van der Waals surface area contributed by atoms with E-state index in [-0.39, 0.29) is 19.8 Å². The number of ether oxygens (including phenoxy) is 5. The van der Waals surface area contributed by atoms with Crippen LogP contribution in [0.3, 0.4) is 0 Å². The first-order chi connectivity index (χ1) is 32.3. The number of benzene rings is 3. The van der Waals surface area contributed by atoms with Crippen molar-refractivity contribution in [3.63, 3.8) is 0 Å². The number of aliphatic imine (C=N–C) groups is 2. The van der Waals surface area contributed by atoms with Gasteiger partial charge in [0.2, 0.25) is 17.8 Å². The van der Waals surface area contributed by atoms with Crippen LogP contribution < -0.4 is 21.3 Å². The number of amides is 4. The summed E-state index contributed by atoms with van der Waals surface area (Å²) in [5.74, 6) is -1.56. The number of carbonyl (C=O) groups is 5. The maximum Gasteiger partial charge on any atom is 0.409 e. The Morgan fingerprint density at radius 1 is 0.529 bits per heavy atom. The van der Waals surface area contributed by atoms with E-state index in [0.29, 0.717) is 22.3 Å². The van der Waals surface area contributed by atoms with Crippen LogP contribution in [0.1, 0.15) is 130 Å². The zero-order chi connectivity index (χ0) is 52.9. The van der Waals surface area contributed by atoms with Crippen LogP contribution in [0.4, 0.5) is 19.2 Å². The van der Waals surface area contributed by atoms with E-state index >= 15 is 0 Å². The third-order valence-electron chi connectivity index (χ3n) is 11.6. The van der Waals surface area contributed by atoms with E-state index in [9.17, 15) is 38.7 Å². The highest BCUT2D eigenvalue weighted by Gasteiger charge is 2.41. The fourth-order valence-electron chi connectivity index (χ4n) is 6.84. The van der Waals surface area contributed by atoms with Crippen LogP contribution in [0.5, 0.6) is 0 Å². The molecule has 19 heteroatoms. The van der Waals surface area contributed by atoms with Gasteiger partial charge in [-0.2, -0.15) is 9.98 Å². The molecule has 3 aromatic carbocycles. The molecule has 0 fully saturated rings. The summed E-state index contributed by atoms with van der Waals surface area (Å²) in [6.07, 6.45) is -0.858. The Morgan fingerprint density at radius 3 is 1.26 bits per heavy atom. The number of nitrogens with one attached hydrogen (secondary N) is 4. The minimum atomic E-state index is -2.28. The molecular formula is C51H68N6O13. The van der Waals surface area contributed by atoms with Gasteiger partial charge in [-0.05, 0) is 130 Å². The number of hydrogen-bond acceptors (Lipinski definition) is 14. The smallest absolute Gasteiger partial charge is 0.409 e. The highest BCUT2D eigenvalue weighted by atomic mass is 16.6. The molecule has 3 rings (SSSR count). The monoisotopic (exact) mass is 972 g/mol. The summed E-state index contributed by atoms with van der Waals surface area (Å²) in [6.45, 7) is 22.7. The van der Waals surface area contributed by atoms with Crippen LogP contribution in [0.2, 0.25) is 0 Å². The van der Waals surface area contributed by atoms with Crippen LogP contribution in [-0.2, 0) is 71.3 Å². The molecule has 2 atom stereocenters. The minimum Gasteiger partial charge on any atom is -0.478 e. The summed E-state index contributed by atoms with van der Waals surface area (Å²) in [5.41, 5.74) is -3.81. The van der Waals surface area contributed by atoms with Crippen molar-refractivity contribution in [1.29, 1.82) is 0 Å². The average molecular weight is 973 g/mol. The second-order valence-corrected chi connectivity index (χ2v) is 20.2. The van der Waals surface area contributed by atoms with E-state index in [1.54, 1.807) is 137 Å². The second-order valence-electron chi connectivity index (χ2n) is 20.2. The fourth-order valence-corrected chi connectivity index (χ4v) is 6.84. The molecule has 19 nitrogen and oxygen atoms in total. The van der Waals surface area contributed by atoms with E-state index in [0.717, 1.165) is 18.1 Å². The summed E-state index contributed by atoms with van der Waals surface area (Å²) in [5, 5.41) is 21.1. The number of isocyanates is 2. The first-order valence-electron chi connectivity index (χ1n) is 22.5. The molecule has 0 aliphatic rings. The fraction of sp³-hybridized carbons (Fsp3) is 0.510. The maximum atomic E-state index is 13.1. The highest BCUT2D eigenvalue weighted by molar-refractivity contribution is 5.82. The van der Waals surface area contributed by atoms with Gasteiger partial charge in [-0.3, -0.25) is 0 Å². The van der Waals surface area contributed by atoms with Crippen molar-refractivity contribution in [2.45, 2.75) is 142 Å². The SMILES string of the molecule is CC(COC(=O)NC(C)(C)c1cccc(C(C)(C)NC(=O)OCC(C)(OC(=O)NC(C)(C)c2cccc(C(C)(C)N=C=O)c2)C(=O)O)c1)OCCOC(=O)NC(C)(C)c1cccc(C(C)(C)N=C=O)c1. The Morgan fingerprint density at radius 2 is 0.871 bits per heavy atom. The van der Waals surface area contributed by atoms with E-state index in [1.165, 1.54) is 0 Å². The van der Waals surface area contributed by atoms with Crippen LogP contribution >= 0.6 is 0 Å². The average Bonchev–Trinajstić information content (AvgIpc) is 3.26. The molecule has 0 saturated carbocycles. The molecule has 0 radical (unpaired) electrons. The lowest BCUT2D eigenvalue weighted by molar-refractivity contribution is -0.160. The van der Waals surface area contributed by atoms with Gasteiger partial charge in [0.1, 0.15) is 19.8 Å². The molecule has 380 valence electrons. The first-order valence-corrected chi connectivity index (χ1v) is 22.5. The van der Waals surface area contributed by atoms with Crippen molar-refractivity contribution < 1.29 is 62.4 Å². The lowest BCUT2D eigenvalue weighted by Crippen LogP contribution is -2.51. The van der Waals surface area contributed by atoms with E-state index in [1.807, 2.05) is 38.1 Å². The molecule has 0 heterocycles. The van der Waals surface area contributed by atoms with Crippen molar-refractivity contribution in [1.82, 2.24) is 21.3 Å². The molecule has 0 bridgehead atoms. The van der Waals surface area contributed by atoms with Crippen LogP contribution in [-0.4, -0.2) is 85.7 Å². The predicted molar refractivity (Wildman–Crippen MR) is 258 cm³/mol. The molecule has 3 aromatic rings. The number of carboxylic acids is 1. The topological polar surface area (TPSA) is 259 Å². The molecule has 5 N–H and O–H groups in total. The number of aliphatic carboxylic acids is 1. The van der Waals surface area contributed by atoms with Gasteiger partial charge in [-0.25, -0.2) is 33.6 Å². The Labute approximate surface area is 409 Å². The van der Waals surface area contributed by atoms with Gasteiger partial charge >= 0.3 is 30.3 Å². The summed E-state index contributed by atoms with van der Waals surface area (Å²) in [7, 11) is 0. The molecule has 0 saturated heterocycles. The third kappa shape index (κ3) is 16.3. The van der Waals surface area contributed by atoms with Crippen molar-refractivity contribution in [2.75, 3.05) is 26.4 Å². The maximum absolute atomic E-state index is 13.1. The number of nitrogens with zero attached hydrogens (tertiary/aromatic N) is 2. The van der Waals surface area contributed by atoms with Gasteiger partial charge in [0.05, 0.1) is 45.9 Å². The molecule has 4 amide bonds. The van der Waals surface area contributed by atoms with Crippen LogP contribution in [0, 0.1) is 0 Å². The number of rotatable bonds is 22. The van der Waals surface area contributed by atoms with Gasteiger partial charge in [0, 0.05) is 0 Å². The predicted octanol–water partition coefficient (Wildman–Crippen LogP) is 8.32. The summed E-state index contributed by atoms with van der Waals surface area (Å²) >= 11 is 0. The summed E-state index contributed by atoms with van der Waals surface area (Å²) < 4.78 is 27.1. The number of carboxylic acid groups (broad SMARTS) is 1. The van der Waals surface area contributed by atoms with Crippen LogP contribution in [0.15, 0.2) is 82.8 Å². The van der Waals surface area contributed by atoms with E-state index < -0.39 is 81.9 Å². The largest absolute Gasteiger partial charge is 0.478 e. The van der Waals surface area contributed by atoms with E-state index in [4.69, 9.17) is 23.7 Å².